The number of rotatable bonds is 5. The summed E-state index contributed by atoms with van der Waals surface area (Å²) in [6.07, 6.45) is 0.612. The summed E-state index contributed by atoms with van der Waals surface area (Å²) in [6.45, 7) is 0.618. The van der Waals surface area contributed by atoms with Gasteiger partial charge in [-0.1, -0.05) is 36.4 Å². The van der Waals surface area contributed by atoms with Crippen LogP contribution in [0.4, 0.5) is 0 Å². The van der Waals surface area contributed by atoms with Crippen LogP contribution in [0, 0.1) is 0 Å². The van der Waals surface area contributed by atoms with E-state index >= 15 is 0 Å². The zero-order chi connectivity index (χ0) is 17.5. The van der Waals surface area contributed by atoms with E-state index in [4.69, 9.17) is 14.2 Å². The monoisotopic (exact) mass is 340 g/mol. The molecule has 0 aromatic heterocycles. The van der Waals surface area contributed by atoms with Crippen LogP contribution in [0.3, 0.4) is 0 Å². The van der Waals surface area contributed by atoms with Crippen LogP contribution >= 0.6 is 0 Å². The lowest BCUT2D eigenvalue weighted by Gasteiger charge is -2.30. The van der Waals surface area contributed by atoms with Gasteiger partial charge in [-0.15, -0.1) is 0 Å². The molecule has 5 nitrogen and oxygen atoms in total. The lowest BCUT2D eigenvalue weighted by atomic mass is 10.1. The average Bonchev–Trinajstić information content (AvgIpc) is 2.68. The molecule has 0 spiro atoms. The minimum absolute atomic E-state index is 0.0560. The number of esters is 2. The average molecular weight is 340 g/mol. The summed E-state index contributed by atoms with van der Waals surface area (Å²) >= 11 is 0. The first kappa shape index (κ1) is 17.2. The number of carbonyl (C=O) groups excluding carboxylic acids is 2. The Hall–Kier alpha value is -2.66. The van der Waals surface area contributed by atoms with Crippen molar-refractivity contribution in [1.82, 2.24) is 0 Å². The van der Waals surface area contributed by atoms with Gasteiger partial charge in [0.25, 0.3) is 0 Å². The lowest BCUT2D eigenvalue weighted by Crippen LogP contribution is -2.41. The molecule has 1 fully saturated rings. The molecule has 1 aliphatic rings. The van der Waals surface area contributed by atoms with E-state index in [1.54, 1.807) is 48.5 Å². The zero-order valence-electron chi connectivity index (χ0n) is 13.8. The molecule has 5 heteroatoms. The van der Waals surface area contributed by atoms with E-state index < -0.39 is 24.1 Å². The third-order valence-electron chi connectivity index (χ3n) is 4.04. The van der Waals surface area contributed by atoms with Gasteiger partial charge in [0.2, 0.25) is 0 Å². The van der Waals surface area contributed by atoms with Gasteiger partial charge < -0.3 is 14.2 Å². The predicted octanol–water partition coefficient (Wildman–Crippen LogP) is 3.25. The van der Waals surface area contributed by atoms with Crippen LogP contribution in [-0.4, -0.2) is 37.4 Å². The Bertz CT molecular complexity index is 699. The molecule has 0 amide bonds. The van der Waals surface area contributed by atoms with Crippen LogP contribution in [0.25, 0.3) is 0 Å². The van der Waals surface area contributed by atoms with E-state index in [9.17, 15) is 9.59 Å². The minimum Gasteiger partial charge on any atom is -0.459 e. The molecule has 1 aliphatic heterocycles. The highest BCUT2D eigenvalue weighted by molar-refractivity contribution is 5.90. The van der Waals surface area contributed by atoms with Crippen molar-refractivity contribution in [2.24, 2.45) is 0 Å². The Morgan fingerprint density at radius 2 is 1.52 bits per heavy atom. The highest BCUT2D eigenvalue weighted by Gasteiger charge is 2.31. The molecule has 2 aromatic carbocycles. The van der Waals surface area contributed by atoms with Gasteiger partial charge in [0, 0.05) is 6.61 Å². The molecule has 0 aliphatic carbocycles. The largest absolute Gasteiger partial charge is 0.459 e. The van der Waals surface area contributed by atoms with E-state index in [1.807, 2.05) is 12.1 Å². The van der Waals surface area contributed by atoms with Crippen molar-refractivity contribution in [3.05, 3.63) is 71.8 Å². The van der Waals surface area contributed by atoms with Gasteiger partial charge in [-0.3, -0.25) is 0 Å². The van der Waals surface area contributed by atoms with Crippen LogP contribution in [0.2, 0.25) is 0 Å². The number of ether oxygens (including phenoxy) is 3. The molecule has 0 radical (unpaired) electrons. The summed E-state index contributed by atoms with van der Waals surface area (Å²) in [5.41, 5.74) is 0.976. The van der Waals surface area contributed by atoms with E-state index in [2.05, 4.69) is 0 Å². The first-order valence-electron chi connectivity index (χ1n) is 8.34. The van der Waals surface area contributed by atoms with Gasteiger partial charge in [-0.2, -0.15) is 0 Å². The fourth-order valence-electron chi connectivity index (χ4n) is 2.70. The molecule has 1 saturated heterocycles. The molecule has 2 atom stereocenters. The fourth-order valence-corrected chi connectivity index (χ4v) is 2.70. The van der Waals surface area contributed by atoms with Crippen molar-refractivity contribution in [2.75, 3.05) is 13.2 Å². The van der Waals surface area contributed by atoms with Gasteiger partial charge in [-0.05, 0) is 37.1 Å². The Labute approximate surface area is 146 Å². The minimum atomic E-state index is -0.450. The fraction of sp³-hybridized carbons (Fsp3) is 0.300. The second-order valence-electron chi connectivity index (χ2n) is 5.83. The highest BCUT2D eigenvalue weighted by atomic mass is 16.6. The van der Waals surface area contributed by atoms with Crippen LogP contribution in [0.15, 0.2) is 60.7 Å². The zero-order valence-corrected chi connectivity index (χ0v) is 13.8. The molecule has 3 rings (SSSR count). The Morgan fingerprint density at radius 3 is 2.16 bits per heavy atom. The van der Waals surface area contributed by atoms with Crippen LogP contribution < -0.4 is 0 Å². The molecule has 0 saturated carbocycles. The Balaban J connectivity index is 1.57. The van der Waals surface area contributed by atoms with E-state index in [-0.39, 0.29) is 6.61 Å². The Morgan fingerprint density at radius 1 is 0.920 bits per heavy atom. The summed E-state index contributed by atoms with van der Waals surface area (Å²) in [5, 5.41) is 0. The van der Waals surface area contributed by atoms with E-state index in [0.29, 0.717) is 24.2 Å². The predicted molar refractivity (Wildman–Crippen MR) is 91.3 cm³/mol. The third-order valence-corrected chi connectivity index (χ3v) is 4.04. The Kier molecular flexibility index (Phi) is 5.80. The standard InChI is InChI=1S/C20H20O5/c21-19(15-8-3-1-4-9-15)24-14-18-17(12-7-13-23-18)25-20(22)16-10-5-2-6-11-16/h1-6,8-11,17-18H,7,12-14H2/t17-,18+/m0/s1. The third kappa shape index (κ3) is 4.67. The van der Waals surface area contributed by atoms with Crippen molar-refractivity contribution in [2.45, 2.75) is 25.0 Å². The van der Waals surface area contributed by atoms with Crippen LogP contribution in [0.1, 0.15) is 33.6 Å². The summed E-state index contributed by atoms with van der Waals surface area (Å²) < 4.78 is 16.6. The topological polar surface area (TPSA) is 61.8 Å². The van der Waals surface area contributed by atoms with E-state index in [0.717, 1.165) is 6.42 Å². The summed E-state index contributed by atoms with van der Waals surface area (Å²) in [6, 6.07) is 17.6. The molecule has 2 aromatic rings. The second kappa shape index (κ2) is 8.44. The van der Waals surface area contributed by atoms with Gasteiger partial charge in [0.05, 0.1) is 11.1 Å². The van der Waals surface area contributed by atoms with Crippen LogP contribution in [-0.2, 0) is 14.2 Å². The molecule has 130 valence electrons. The summed E-state index contributed by atoms with van der Waals surface area (Å²) in [4.78, 5) is 24.3. The van der Waals surface area contributed by atoms with Gasteiger partial charge >= 0.3 is 11.9 Å². The lowest BCUT2D eigenvalue weighted by molar-refractivity contribution is -0.104. The smallest absolute Gasteiger partial charge is 0.338 e. The molecule has 0 bridgehead atoms. The van der Waals surface area contributed by atoms with Crippen molar-refractivity contribution in [3.8, 4) is 0 Å². The van der Waals surface area contributed by atoms with Gasteiger partial charge in [0.15, 0.2) is 0 Å². The maximum atomic E-state index is 12.2. The van der Waals surface area contributed by atoms with Crippen LogP contribution in [0.5, 0.6) is 0 Å². The SMILES string of the molecule is O=C(OC[C@H]1OCCC[C@@H]1OC(=O)c1ccccc1)c1ccccc1. The number of benzene rings is 2. The maximum Gasteiger partial charge on any atom is 0.338 e. The maximum absolute atomic E-state index is 12.2. The quantitative estimate of drug-likeness (QED) is 0.782. The normalized spacial score (nSPS) is 19.8. The van der Waals surface area contributed by atoms with Crippen molar-refractivity contribution >= 4 is 11.9 Å². The molecular formula is C20H20O5. The van der Waals surface area contributed by atoms with Gasteiger partial charge in [-0.25, -0.2) is 9.59 Å². The van der Waals surface area contributed by atoms with Crippen molar-refractivity contribution in [1.29, 1.82) is 0 Å². The first-order valence-corrected chi connectivity index (χ1v) is 8.34. The molecule has 1 heterocycles. The summed E-state index contributed by atoms with van der Waals surface area (Å²) in [7, 11) is 0. The summed E-state index contributed by atoms with van der Waals surface area (Å²) in [5.74, 6) is -0.807. The van der Waals surface area contributed by atoms with E-state index in [1.165, 1.54) is 0 Å². The molecular weight excluding hydrogens is 320 g/mol. The first-order chi connectivity index (χ1) is 12.2. The second-order valence-corrected chi connectivity index (χ2v) is 5.83. The van der Waals surface area contributed by atoms with Gasteiger partial charge in [0.1, 0.15) is 18.8 Å². The number of hydrogen-bond donors (Lipinski definition) is 0. The van der Waals surface area contributed by atoms with Crippen molar-refractivity contribution in [3.63, 3.8) is 0 Å². The number of hydrogen-bond acceptors (Lipinski definition) is 5. The number of carbonyl (C=O) groups is 2. The molecule has 25 heavy (non-hydrogen) atoms. The highest BCUT2D eigenvalue weighted by Crippen LogP contribution is 2.20. The van der Waals surface area contributed by atoms with Crippen molar-refractivity contribution < 1.29 is 23.8 Å². The molecule has 0 unspecified atom stereocenters. The molecule has 0 N–H and O–H groups in total.